The number of Topliss-reactive ketones (excluding diaryl/α,β-unsaturated/α-hetero) is 1. The van der Waals surface area contributed by atoms with Crippen LogP contribution in [0, 0.1) is 0 Å². The molecule has 1 rings (SSSR count). The van der Waals surface area contributed by atoms with Gasteiger partial charge in [0.15, 0.2) is 5.78 Å². The van der Waals surface area contributed by atoms with E-state index in [0.29, 0.717) is 6.42 Å². The Morgan fingerprint density at radius 1 is 1.21 bits per heavy atom. The van der Waals surface area contributed by atoms with Crippen LogP contribution in [0.2, 0.25) is 0 Å². The highest BCUT2D eigenvalue weighted by Gasteiger charge is 2.15. The van der Waals surface area contributed by atoms with E-state index in [1.165, 1.54) is 0 Å². The minimum atomic E-state index is -0.311. The van der Waals surface area contributed by atoms with Gasteiger partial charge in [0.05, 0.1) is 0 Å². The summed E-state index contributed by atoms with van der Waals surface area (Å²) in [6, 6.07) is 0. The maximum Gasteiger partial charge on any atom is 0.159 e. The van der Waals surface area contributed by atoms with Crippen LogP contribution in [0.4, 0.5) is 0 Å². The summed E-state index contributed by atoms with van der Waals surface area (Å²) in [5.74, 6) is -0.0529. The molecule has 0 aromatic carbocycles. The van der Waals surface area contributed by atoms with E-state index in [2.05, 4.69) is 16.7 Å². The summed E-state index contributed by atoms with van der Waals surface area (Å²) < 4.78 is 0. The fourth-order valence-corrected chi connectivity index (χ4v) is 1.69. The van der Waals surface area contributed by atoms with E-state index < -0.39 is 0 Å². The first-order chi connectivity index (χ1) is 6.76. The zero-order chi connectivity index (χ0) is 10.4. The molecule has 1 aliphatic rings. The molecule has 0 saturated carbocycles. The van der Waals surface area contributed by atoms with Crippen LogP contribution >= 0.6 is 0 Å². The molecule has 4 heteroatoms. The van der Waals surface area contributed by atoms with Gasteiger partial charge in [-0.05, 0) is 6.54 Å². The molecule has 0 amide bonds. The van der Waals surface area contributed by atoms with Crippen LogP contribution in [0.5, 0.6) is 0 Å². The largest absolute Gasteiger partial charge is 0.389 e. The number of piperazine rings is 1. The lowest BCUT2D eigenvalue weighted by molar-refractivity contribution is -0.122. The van der Waals surface area contributed by atoms with Gasteiger partial charge in [-0.2, -0.15) is 0 Å². The smallest absolute Gasteiger partial charge is 0.159 e. The van der Waals surface area contributed by atoms with Crippen LogP contribution < -0.4 is 0 Å². The van der Waals surface area contributed by atoms with Crippen molar-refractivity contribution in [2.24, 2.45) is 0 Å². The van der Waals surface area contributed by atoms with E-state index >= 15 is 0 Å². The van der Waals surface area contributed by atoms with E-state index in [1.807, 2.05) is 0 Å². The van der Waals surface area contributed by atoms with E-state index in [0.717, 1.165) is 39.3 Å². The number of aliphatic hydroxyl groups is 1. The standard InChI is InChI=1S/C10H20N2O2/c1-2-11-5-7-12(8-6-11)4-3-10(14)9-13/h13H,2-9H2,1H3. The molecule has 1 aliphatic heterocycles. The Morgan fingerprint density at radius 3 is 2.29 bits per heavy atom. The Balaban J connectivity index is 2.13. The molecule has 1 fully saturated rings. The summed E-state index contributed by atoms with van der Waals surface area (Å²) in [5.41, 5.74) is 0. The van der Waals surface area contributed by atoms with Crippen molar-refractivity contribution in [1.29, 1.82) is 0 Å². The first kappa shape index (κ1) is 11.6. The summed E-state index contributed by atoms with van der Waals surface area (Å²) >= 11 is 0. The van der Waals surface area contributed by atoms with Crippen molar-refractivity contribution >= 4 is 5.78 Å². The van der Waals surface area contributed by atoms with E-state index in [1.54, 1.807) is 0 Å². The van der Waals surface area contributed by atoms with E-state index in [4.69, 9.17) is 5.11 Å². The van der Waals surface area contributed by atoms with Gasteiger partial charge < -0.3 is 14.9 Å². The second-order valence-electron chi connectivity index (χ2n) is 3.72. The number of likely N-dealkylation sites (N-methyl/N-ethyl adjacent to an activating group) is 1. The third-order valence-corrected chi connectivity index (χ3v) is 2.80. The van der Waals surface area contributed by atoms with Crippen molar-refractivity contribution in [2.75, 3.05) is 45.9 Å². The van der Waals surface area contributed by atoms with E-state index in [9.17, 15) is 4.79 Å². The highest BCUT2D eigenvalue weighted by Crippen LogP contribution is 2.01. The molecule has 0 aliphatic carbocycles. The number of carbonyl (C=O) groups is 1. The molecular formula is C10H20N2O2. The number of hydrogen-bond donors (Lipinski definition) is 1. The number of hydrogen-bond acceptors (Lipinski definition) is 4. The van der Waals surface area contributed by atoms with Crippen LogP contribution in [0.15, 0.2) is 0 Å². The van der Waals surface area contributed by atoms with Crippen LogP contribution in [0.3, 0.4) is 0 Å². The minimum Gasteiger partial charge on any atom is -0.389 e. The molecule has 1 saturated heterocycles. The van der Waals surface area contributed by atoms with Gasteiger partial charge in [-0.3, -0.25) is 4.79 Å². The van der Waals surface area contributed by atoms with Crippen molar-refractivity contribution in [3.05, 3.63) is 0 Å². The predicted octanol–water partition coefficient (Wildman–Crippen LogP) is -0.425. The van der Waals surface area contributed by atoms with Gasteiger partial charge in [-0.25, -0.2) is 0 Å². The van der Waals surface area contributed by atoms with Crippen molar-refractivity contribution in [3.8, 4) is 0 Å². The topological polar surface area (TPSA) is 43.8 Å². The maximum absolute atomic E-state index is 10.9. The predicted molar refractivity (Wildman–Crippen MR) is 55.3 cm³/mol. The van der Waals surface area contributed by atoms with Crippen molar-refractivity contribution in [3.63, 3.8) is 0 Å². The highest BCUT2D eigenvalue weighted by molar-refractivity contribution is 5.79. The molecule has 1 heterocycles. The second-order valence-corrected chi connectivity index (χ2v) is 3.72. The molecule has 0 aromatic rings. The number of carbonyl (C=O) groups excluding carboxylic acids is 1. The molecule has 4 nitrogen and oxygen atoms in total. The average molecular weight is 200 g/mol. The first-order valence-electron chi connectivity index (χ1n) is 5.33. The first-order valence-corrected chi connectivity index (χ1v) is 5.33. The zero-order valence-corrected chi connectivity index (χ0v) is 8.91. The molecule has 0 unspecified atom stereocenters. The molecule has 0 aromatic heterocycles. The molecule has 1 N–H and O–H groups in total. The Kier molecular flexibility index (Phi) is 5.07. The maximum atomic E-state index is 10.9. The Morgan fingerprint density at radius 2 is 1.79 bits per heavy atom. The number of ketones is 1. The monoisotopic (exact) mass is 200 g/mol. The van der Waals surface area contributed by atoms with Crippen LogP contribution in [-0.2, 0) is 4.79 Å². The van der Waals surface area contributed by atoms with Crippen LogP contribution in [0.1, 0.15) is 13.3 Å². The molecule has 0 spiro atoms. The van der Waals surface area contributed by atoms with E-state index in [-0.39, 0.29) is 12.4 Å². The van der Waals surface area contributed by atoms with Gasteiger partial charge in [-0.15, -0.1) is 0 Å². The SMILES string of the molecule is CCN1CCN(CCC(=O)CO)CC1. The fourth-order valence-electron chi connectivity index (χ4n) is 1.69. The van der Waals surface area contributed by atoms with Gasteiger partial charge in [0, 0.05) is 39.1 Å². The third kappa shape index (κ3) is 3.74. The minimum absolute atomic E-state index is 0.0529. The number of rotatable bonds is 5. The van der Waals surface area contributed by atoms with Crippen molar-refractivity contribution in [2.45, 2.75) is 13.3 Å². The van der Waals surface area contributed by atoms with Crippen LogP contribution in [-0.4, -0.2) is 66.6 Å². The van der Waals surface area contributed by atoms with Gasteiger partial charge in [0.25, 0.3) is 0 Å². The lowest BCUT2D eigenvalue weighted by atomic mass is 10.2. The fraction of sp³-hybridized carbons (Fsp3) is 0.900. The Bertz CT molecular complexity index is 177. The summed E-state index contributed by atoms with van der Waals surface area (Å²) in [6.07, 6.45) is 0.489. The third-order valence-electron chi connectivity index (χ3n) is 2.80. The zero-order valence-electron chi connectivity index (χ0n) is 8.91. The quantitative estimate of drug-likeness (QED) is 0.654. The second kappa shape index (κ2) is 6.11. The number of aliphatic hydroxyl groups excluding tert-OH is 1. The highest BCUT2D eigenvalue weighted by atomic mass is 16.3. The summed E-state index contributed by atoms with van der Waals surface area (Å²) in [7, 11) is 0. The average Bonchev–Trinajstić information content (AvgIpc) is 2.26. The van der Waals surface area contributed by atoms with Crippen LogP contribution in [0.25, 0.3) is 0 Å². The Hall–Kier alpha value is -0.450. The lowest BCUT2D eigenvalue weighted by Gasteiger charge is -2.33. The van der Waals surface area contributed by atoms with Crippen molar-refractivity contribution < 1.29 is 9.90 Å². The van der Waals surface area contributed by atoms with Gasteiger partial charge >= 0.3 is 0 Å². The summed E-state index contributed by atoms with van der Waals surface area (Å²) in [4.78, 5) is 15.6. The normalized spacial score (nSPS) is 19.9. The molecule has 82 valence electrons. The van der Waals surface area contributed by atoms with Gasteiger partial charge in [0.1, 0.15) is 6.61 Å². The Labute approximate surface area is 85.5 Å². The molecule has 0 radical (unpaired) electrons. The summed E-state index contributed by atoms with van der Waals surface area (Å²) in [6.45, 7) is 8.08. The molecular weight excluding hydrogens is 180 g/mol. The van der Waals surface area contributed by atoms with Gasteiger partial charge in [0.2, 0.25) is 0 Å². The molecule has 0 bridgehead atoms. The molecule has 14 heavy (non-hydrogen) atoms. The lowest BCUT2D eigenvalue weighted by Crippen LogP contribution is -2.46. The van der Waals surface area contributed by atoms with Crippen molar-refractivity contribution in [1.82, 2.24) is 9.80 Å². The summed E-state index contributed by atoms with van der Waals surface area (Å²) in [5, 5.41) is 8.57. The molecule has 0 atom stereocenters. The van der Waals surface area contributed by atoms with Gasteiger partial charge in [-0.1, -0.05) is 6.92 Å². The number of nitrogens with zero attached hydrogens (tertiary/aromatic N) is 2.